The Morgan fingerprint density at radius 1 is 1.40 bits per heavy atom. The van der Waals surface area contributed by atoms with Crippen LogP contribution in [0, 0.1) is 0 Å². The molecule has 1 aromatic rings. The summed E-state index contributed by atoms with van der Waals surface area (Å²) >= 11 is 0. The summed E-state index contributed by atoms with van der Waals surface area (Å²) in [6.07, 6.45) is 2.52. The number of halogens is 1. The van der Waals surface area contributed by atoms with Crippen molar-refractivity contribution in [1.82, 2.24) is 0 Å². The topological polar surface area (TPSA) is 52.3 Å². The van der Waals surface area contributed by atoms with Gasteiger partial charge in [-0.15, -0.1) is 12.4 Å². The molecule has 0 aliphatic rings. The molecule has 0 radical (unpaired) electrons. The van der Waals surface area contributed by atoms with Gasteiger partial charge < -0.3 is 10.5 Å². The zero-order chi connectivity index (χ0) is 14.5. The molecule has 1 aromatic carbocycles. The fraction of sp³-hybridized carbons (Fsp3) is 0.438. The van der Waals surface area contributed by atoms with Crippen LogP contribution >= 0.6 is 12.4 Å². The standard InChI is InChI=1S/C16H23NO2.ClH/c1-5-15(18)19-12(4)13-10-8-9-11-14(13)16(17,6-2)7-3;/h5,8-12H,1,6-7,17H2,2-4H3;1H. The highest BCUT2D eigenvalue weighted by atomic mass is 35.5. The van der Waals surface area contributed by atoms with Gasteiger partial charge in [-0.1, -0.05) is 44.7 Å². The fourth-order valence-electron chi connectivity index (χ4n) is 2.22. The van der Waals surface area contributed by atoms with Crippen molar-refractivity contribution in [2.75, 3.05) is 0 Å². The van der Waals surface area contributed by atoms with Gasteiger partial charge in [-0.3, -0.25) is 0 Å². The summed E-state index contributed by atoms with van der Waals surface area (Å²) < 4.78 is 5.30. The van der Waals surface area contributed by atoms with Gasteiger partial charge in [0.2, 0.25) is 0 Å². The van der Waals surface area contributed by atoms with Gasteiger partial charge in [-0.25, -0.2) is 4.79 Å². The molecule has 2 N–H and O–H groups in total. The van der Waals surface area contributed by atoms with Crippen LogP contribution in [0.3, 0.4) is 0 Å². The molecule has 3 nitrogen and oxygen atoms in total. The van der Waals surface area contributed by atoms with E-state index in [9.17, 15) is 4.79 Å². The molecule has 0 aliphatic heterocycles. The maximum atomic E-state index is 11.3. The number of hydrogen-bond acceptors (Lipinski definition) is 3. The van der Waals surface area contributed by atoms with Crippen molar-refractivity contribution in [2.24, 2.45) is 5.73 Å². The third kappa shape index (κ3) is 4.09. The van der Waals surface area contributed by atoms with Gasteiger partial charge in [0.1, 0.15) is 6.10 Å². The van der Waals surface area contributed by atoms with Crippen LogP contribution in [0.5, 0.6) is 0 Å². The van der Waals surface area contributed by atoms with Crippen molar-refractivity contribution in [3.8, 4) is 0 Å². The van der Waals surface area contributed by atoms with Crippen LogP contribution in [0.2, 0.25) is 0 Å². The first-order valence-electron chi connectivity index (χ1n) is 6.69. The molecule has 0 fully saturated rings. The molecule has 0 aliphatic carbocycles. The van der Waals surface area contributed by atoms with Crippen LogP contribution in [0.25, 0.3) is 0 Å². The number of esters is 1. The van der Waals surface area contributed by atoms with Crippen LogP contribution in [-0.4, -0.2) is 5.97 Å². The van der Waals surface area contributed by atoms with Crippen LogP contribution in [-0.2, 0) is 15.1 Å². The Kier molecular flexibility index (Phi) is 7.54. The van der Waals surface area contributed by atoms with E-state index >= 15 is 0 Å². The van der Waals surface area contributed by atoms with Crippen molar-refractivity contribution in [2.45, 2.75) is 45.3 Å². The number of benzene rings is 1. The lowest BCUT2D eigenvalue weighted by atomic mass is 9.82. The van der Waals surface area contributed by atoms with Crippen LogP contribution in [0.15, 0.2) is 36.9 Å². The molecular weight excluding hydrogens is 274 g/mol. The van der Waals surface area contributed by atoms with Crippen molar-refractivity contribution in [3.63, 3.8) is 0 Å². The molecule has 0 amide bonds. The van der Waals surface area contributed by atoms with Crippen LogP contribution in [0.1, 0.15) is 50.8 Å². The molecule has 4 heteroatoms. The number of hydrogen-bond donors (Lipinski definition) is 1. The second-order valence-corrected chi connectivity index (χ2v) is 4.73. The van der Waals surface area contributed by atoms with E-state index in [0.29, 0.717) is 0 Å². The molecule has 112 valence electrons. The lowest BCUT2D eigenvalue weighted by Gasteiger charge is -2.31. The second kappa shape index (κ2) is 8.08. The minimum absolute atomic E-state index is 0. The molecule has 0 heterocycles. The zero-order valence-corrected chi connectivity index (χ0v) is 13.2. The molecule has 0 saturated carbocycles. The minimum atomic E-state index is -0.419. The Labute approximate surface area is 127 Å². The summed E-state index contributed by atoms with van der Waals surface area (Å²) in [6.45, 7) is 9.41. The highest BCUT2D eigenvalue weighted by molar-refractivity contribution is 5.85. The van der Waals surface area contributed by atoms with E-state index in [1.807, 2.05) is 31.2 Å². The average Bonchev–Trinajstić information content (AvgIpc) is 2.46. The number of ether oxygens (including phenoxy) is 1. The minimum Gasteiger partial charge on any atom is -0.455 e. The van der Waals surface area contributed by atoms with Gasteiger partial charge in [-0.05, 0) is 30.9 Å². The molecular formula is C16H24ClNO2. The van der Waals surface area contributed by atoms with E-state index in [4.69, 9.17) is 10.5 Å². The summed E-state index contributed by atoms with van der Waals surface area (Å²) in [5.41, 5.74) is 8.08. The predicted octanol–water partition coefficient (Wildman–Crippen LogP) is 3.87. The van der Waals surface area contributed by atoms with Crippen molar-refractivity contribution in [1.29, 1.82) is 0 Å². The first-order chi connectivity index (χ1) is 8.98. The molecule has 0 saturated heterocycles. The van der Waals surface area contributed by atoms with Gasteiger partial charge in [0.05, 0.1) is 0 Å². The largest absolute Gasteiger partial charge is 0.455 e. The summed E-state index contributed by atoms with van der Waals surface area (Å²) in [5.74, 6) is -0.419. The number of carbonyl (C=O) groups is 1. The zero-order valence-electron chi connectivity index (χ0n) is 12.4. The molecule has 20 heavy (non-hydrogen) atoms. The van der Waals surface area contributed by atoms with Gasteiger partial charge in [-0.2, -0.15) is 0 Å². The van der Waals surface area contributed by atoms with E-state index in [2.05, 4.69) is 20.4 Å². The monoisotopic (exact) mass is 297 g/mol. The van der Waals surface area contributed by atoms with Gasteiger partial charge in [0, 0.05) is 11.6 Å². The fourth-order valence-corrected chi connectivity index (χ4v) is 2.22. The second-order valence-electron chi connectivity index (χ2n) is 4.73. The molecule has 0 aromatic heterocycles. The molecule has 1 rings (SSSR count). The van der Waals surface area contributed by atoms with E-state index < -0.39 is 5.97 Å². The van der Waals surface area contributed by atoms with Gasteiger partial charge >= 0.3 is 5.97 Å². The van der Waals surface area contributed by atoms with Crippen molar-refractivity contribution in [3.05, 3.63) is 48.0 Å². The van der Waals surface area contributed by atoms with Crippen molar-refractivity contribution < 1.29 is 9.53 Å². The highest BCUT2D eigenvalue weighted by Crippen LogP contribution is 2.32. The maximum absolute atomic E-state index is 11.3. The SMILES string of the molecule is C=CC(=O)OC(C)c1ccccc1C(N)(CC)CC.Cl. The molecule has 1 unspecified atom stereocenters. The van der Waals surface area contributed by atoms with Gasteiger partial charge in [0.15, 0.2) is 0 Å². The summed E-state index contributed by atoms with van der Waals surface area (Å²) in [5, 5.41) is 0. The Hall–Kier alpha value is -1.32. The summed E-state index contributed by atoms with van der Waals surface area (Å²) in [7, 11) is 0. The lowest BCUT2D eigenvalue weighted by Crippen LogP contribution is -2.36. The number of rotatable bonds is 6. The maximum Gasteiger partial charge on any atom is 0.330 e. The van der Waals surface area contributed by atoms with E-state index in [-0.39, 0.29) is 24.0 Å². The first kappa shape index (κ1) is 18.7. The molecule has 0 spiro atoms. The Balaban J connectivity index is 0.00000361. The smallest absolute Gasteiger partial charge is 0.330 e. The van der Waals surface area contributed by atoms with Crippen LogP contribution < -0.4 is 5.73 Å². The third-order valence-corrected chi connectivity index (χ3v) is 3.66. The van der Waals surface area contributed by atoms with Crippen molar-refractivity contribution >= 4 is 18.4 Å². The number of carbonyl (C=O) groups excluding carboxylic acids is 1. The normalized spacial score (nSPS) is 12.2. The Bertz CT molecular complexity index is 456. The Morgan fingerprint density at radius 2 is 1.95 bits per heavy atom. The number of nitrogens with two attached hydrogens (primary N) is 1. The quantitative estimate of drug-likeness (QED) is 0.640. The van der Waals surface area contributed by atoms with E-state index in [0.717, 1.165) is 24.0 Å². The van der Waals surface area contributed by atoms with Gasteiger partial charge in [0.25, 0.3) is 0 Å². The highest BCUT2D eigenvalue weighted by Gasteiger charge is 2.27. The van der Waals surface area contributed by atoms with Crippen LogP contribution in [0.4, 0.5) is 0 Å². The predicted molar refractivity (Wildman–Crippen MR) is 84.8 cm³/mol. The lowest BCUT2D eigenvalue weighted by molar-refractivity contribution is -0.142. The Morgan fingerprint density at radius 3 is 2.45 bits per heavy atom. The third-order valence-electron chi connectivity index (χ3n) is 3.66. The summed E-state index contributed by atoms with van der Waals surface area (Å²) in [6, 6.07) is 7.88. The molecule has 0 bridgehead atoms. The summed E-state index contributed by atoms with van der Waals surface area (Å²) in [4.78, 5) is 11.3. The van der Waals surface area contributed by atoms with E-state index in [1.54, 1.807) is 0 Å². The van der Waals surface area contributed by atoms with E-state index in [1.165, 1.54) is 6.08 Å². The molecule has 1 atom stereocenters. The first-order valence-corrected chi connectivity index (χ1v) is 6.69. The average molecular weight is 298 g/mol.